The molecule has 0 bridgehead atoms. The van der Waals surface area contributed by atoms with Crippen LogP contribution in [-0.4, -0.2) is 44.2 Å². The van der Waals surface area contributed by atoms with E-state index in [1.807, 2.05) is 4.98 Å². The van der Waals surface area contributed by atoms with Gasteiger partial charge < -0.3 is 20.5 Å². The first-order valence-electron chi connectivity index (χ1n) is 4.80. The molecule has 1 aromatic rings. The number of carbonyl (C=O) groups excluding carboxylic acids is 1. The van der Waals surface area contributed by atoms with Crippen molar-refractivity contribution in [3.63, 3.8) is 0 Å². The van der Waals surface area contributed by atoms with Crippen molar-refractivity contribution in [2.24, 2.45) is 0 Å². The minimum Gasteiger partial charge on any atom is -0.479 e. The van der Waals surface area contributed by atoms with Gasteiger partial charge in [-0.25, -0.2) is 9.59 Å². The summed E-state index contributed by atoms with van der Waals surface area (Å²) in [6.07, 6.45) is 0. The summed E-state index contributed by atoms with van der Waals surface area (Å²) in [7, 11) is 0. The fourth-order valence-corrected chi connectivity index (χ4v) is 1.01. The normalized spacial score (nSPS) is 13.7. The van der Waals surface area contributed by atoms with E-state index in [2.05, 4.69) is 10.3 Å². The Bertz CT molecular complexity index is 556. The Morgan fingerprint density at radius 1 is 1.39 bits per heavy atom. The lowest BCUT2D eigenvalue weighted by Crippen LogP contribution is -2.47. The van der Waals surface area contributed by atoms with Crippen LogP contribution >= 0.6 is 0 Å². The molecule has 0 spiro atoms. The molecule has 0 aliphatic heterocycles. The molecule has 1 heterocycles. The molecule has 0 radical (unpaired) electrons. The molecule has 0 fully saturated rings. The fraction of sp³-hybridized carbons (Fsp3) is 0.333. The number of carbonyl (C=O) groups is 2. The Morgan fingerprint density at radius 3 is 2.50 bits per heavy atom. The molecular formula is C9H11N3O6. The van der Waals surface area contributed by atoms with Crippen LogP contribution in [0.5, 0.6) is 0 Å². The van der Waals surface area contributed by atoms with Crippen molar-refractivity contribution in [1.82, 2.24) is 15.3 Å². The first kappa shape index (κ1) is 13.6. The Kier molecular flexibility index (Phi) is 3.67. The first-order chi connectivity index (χ1) is 8.22. The molecule has 98 valence electrons. The second-order valence-electron chi connectivity index (χ2n) is 3.76. The Balaban J connectivity index is 2.81. The maximum atomic E-state index is 11.5. The lowest BCUT2D eigenvalue weighted by atomic mass is 10.1. The fourth-order valence-electron chi connectivity index (χ4n) is 1.01. The third kappa shape index (κ3) is 3.28. The quantitative estimate of drug-likeness (QED) is 0.406. The number of rotatable bonds is 4. The van der Waals surface area contributed by atoms with Crippen molar-refractivity contribution >= 4 is 11.9 Å². The highest BCUT2D eigenvalue weighted by molar-refractivity contribution is 5.92. The molecule has 0 aliphatic rings. The molecule has 0 saturated carbocycles. The van der Waals surface area contributed by atoms with E-state index < -0.39 is 35.3 Å². The third-order valence-electron chi connectivity index (χ3n) is 2.06. The number of hydrogen-bond acceptors (Lipinski definition) is 5. The number of H-pyrrole nitrogens is 2. The first-order valence-corrected chi connectivity index (χ1v) is 4.80. The number of aromatic nitrogens is 2. The van der Waals surface area contributed by atoms with Gasteiger partial charge >= 0.3 is 11.7 Å². The van der Waals surface area contributed by atoms with Crippen molar-refractivity contribution in [2.45, 2.75) is 12.5 Å². The van der Waals surface area contributed by atoms with E-state index in [0.29, 0.717) is 0 Å². The number of aromatic amines is 2. The van der Waals surface area contributed by atoms with Gasteiger partial charge in [0.1, 0.15) is 5.69 Å². The highest BCUT2D eigenvalue weighted by Gasteiger charge is 2.30. The van der Waals surface area contributed by atoms with Crippen LogP contribution in [0.25, 0.3) is 0 Å². The number of amides is 1. The Hall–Kier alpha value is -2.42. The Labute approximate surface area is 99.5 Å². The van der Waals surface area contributed by atoms with Crippen LogP contribution in [0.1, 0.15) is 17.4 Å². The van der Waals surface area contributed by atoms with Crippen LogP contribution in [0.15, 0.2) is 15.7 Å². The van der Waals surface area contributed by atoms with E-state index >= 15 is 0 Å². The second kappa shape index (κ2) is 4.84. The molecular weight excluding hydrogens is 246 g/mol. The predicted molar refractivity (Wildman–Crippen MR) is 58.3 cm³/mol. The standard InChI is InChI=1S/C9H11N3O6/c1-9(18,7(15)16)3-10-6(14)4-2-5(13)12-8(17)11-4/h2,18H,3H2,1H3,(H,10,14)(H,15,16)(H2,11,12,13,17). The highest BCUT2D eigenvalue weighted by Crippen LogP contribution is 2.01. The number of aliphatic hydroxyl groups is 1. The Morgan fingerprint density at radius 2 is 2.00 bits per heavy atom. The highest BCUT2D eigenvalue weighted by atomic mass is 16.4. The average Bonchev–Trinajstić information content (AvgIpc) is 2.24. The molecule has 1 aromatic heterocycles. The smallest absolute Gasteiger partial charge is 0.337 e. The van der Waals surface area contributed by atoms with Crippen LogP contribution in [0.4, 0.5) is 0 Å². The van der Waals surface area contributed by atoms with Crippen LogP contribution < -0.4 is 16.6 Å². The number of carboxylic acids is 1. The number of hydrogen-bond donors (Lipinski definition) is 5. The molecule has 1 atom stereocenters. The summed E-state index contributed by atoms with van der Waals surface area (Å²) in [5.41, 5.74) is -4.10. The summed E-state index contributed by atoms with van der Waals surface area (Å²) in [6.45, 7) is 0.423. The van der Waals surface area contributed by atoms with E-state index in [1.54, 1.807) is 0 Å². The van der Waals surface area contributed by atoms with Crippen molar-refractivity contribution < 1.29 is 19.8 Å². The summed E-state index contributed by atoms with van der Waals surface area (Å²) in [4.78, 5) is 47.8. The molecule has 0 saturated heterocycles. The largest absolute Gasteiger partial charge is 0.479 e. The van der Waals surface area contributed by atoms with Crippen LogP contribution in [-0.2, 0) is 4.79 Å². The van der Waals surface area contributed by atoms with Crippen LogP contribution in [0.2, 0.25) is 0 Å². The van der Waals surface area contributed by atoms with E-state index in [4.69, 9.17) is 5.11 Å². The molecule has 18 heavy (non-hydrogen) atoms. The molecule has 9 heteroatoms. The molecule has 5 N–H and O–H groups in total. The zero-order valence-corrected chi connectivity index (χ0v) is 9.31. The monoisotopic (exact) mass is 257 g/mol. The summed E-state index contributed by atoms with van der Waals surface area (Å²) in [5.74, 6) is -2.39. The van der Waals surface area contributed by atoms with Gasteiger partial charge in [-0.3, -0.25) is 14.6 Å². The van der Waals surface area contributed by atoms with E-state index in [9.17, 15) is 24.3 Å². The van der Waals surface area contributed by atoms with Gasteiger partial charge in [0.15, 0.2) is 5.60 Å². The second-order valence-corrected chi connectivity index (χ2v) is 3.76. The predicted octanol–water partition coefficient (Wildman–Crippen LogP) is -2.37. The van der Waals surface area contributed by atoms with Gasteiger partial charge in [0.05, 0.1) is 6.54 Å². The van der Waals surface area contributed by atoms with Gasteiger partial charge in [-0.2, -0.15) is 0 Å². The molecule has 1 amide bonds. The lowest BCUT2D eigenvalue weighted by molar-refractivity contribution is -0.155. The molecule has 9 nitrogen and oxygen atoms in total. The summed E-state index contributed by atoms with van der Waals surface area (Å²) in [5, 5.41) is 20.0. The third-order valence-corrected chi connectivity index (χ3v) is 2.06. The number of aliphatic carboxylic acids is 1. The average molecular weight is 257 g/mol. The molecule has 0 aliphatic carbocycles. The zero-order valence-electron chi connectivity index (χ0n) is 9.31. The topological polar surface area (TPSA) is 152 Å². The summed E-state index contributed by atoms with van der Waals surface area (Å²) in [6, 6.07) is 0.839. The summed E-state index contributed by atoms with van der Waals surface area (Å²) < 4.78 is 0. The van der Waals surface area contributed by atoms with Crippen molar-refractivity contribution in [3.8, 4) is 0 Å². The van der Waals surface area contributed by atoms with E-state index in [1.165, 1.54) is 0 Å². The van der Waals surface area contributed by atoms with Gasteiger partial charge in [-0.1, -0.05) is 0 Å². The molecule has 0 aromatic carbocycles. The van der Waals surface area contributed by atoms with Gasteiger partial charge in [-0.15, -0.1) is 0 Å². The lowest BCUT2D eigenvalue weighted by Gasteiger charge is -2.17. The van der Waals surface area contributed by atoms with Crippen LogP contribution in [0, 0.1) is 0 Å². The van der Waals surface area contributed by atoms with Crippen LogP contribution in [0.3, 0.4) is 0 Å². The van der Waals surface area contributed by atoms with E-state index in [0.717, 1.165) is 13.0 Å². The minimum atomic E-state index is -2.14. The summed E-state index contributed by atoms with van der Waals surface area (Å²) >= 11 is 0. The van der Waals surface area contributed by atoms with E-state index in [-0.39, 0.29) is 5.69 Å². The van der Waals surface area contributed by atoms with Gasteiger partial charge in [-0.05, 0) is 6.92 Å². The van der Waals surface area contributed by atoms with Crippen molar-refractivity contribution in [1.29, 1.82) is 0 Å². The maximum absolute atomic E-state index is 11.5. The maximum Gasteiger partial charge on any atom is 0.337 e. The van der Waals surface area contributed by atoms with Gasteiger partial charge in [0.25, 0.3) is 11.5 Å². The molecule has 1 rings (SSSR count). The minimum absolute atomic E-state index is 0.329. The van der Waals surface area contributed by atoms with Gasteiger partial charge in [0, 0.05) is 6.07 Å². The van der Waals surface area contributed by atoms with Crippen molar-refractivity contribution in [3.05, 3.63) is 32.6 Å². The zero-order chi connectivity index (χ0) is 13.9. The van der Waals surface area contributed by atoms with Gasteiger partial charge in [0.2, 0.25) is 0 Å². The molecule has 1 unspecified atom stereocenters. The van der Waals surface area contributed by atoms with Crippen molar-refractivity contribution in [2.75, 3.05) is 6.54 Å². The number of carboxylic acid groups (broad SMARTS) is 1. The number of nitrogens with one attached hydrogen (secondary N) is 3. The SMILES string of the molecule is CC(O)(CNC(=O)c1cc(=O)[nH]c(=O)[nH]1)C(=O)O.